The van der Waals surface area contributed by atoms with Gasteiger partial charge in [-0.25, -0.2) is 26.9 Å². The lowest BCUT2D eigenvalue weighted by Gasteiger charge is -2.25. The van der Waals surface area contributed by atoms with Crippen molar-refractivity contribution < 1.29 is 17.6 Å². The summed E-state index contributed by atoms with van der Waals surface area (Å²) in [5, 5.41) is 2.52. The fraction of sp³-hybridized carbons (Fsp3) is 0.412. The minimum atomic E-state index is -3.72. The van der Waals surface area contributed by atoms with E-state index in [0.717, 1.165) is 29.3 Å². The minimum absolute atomic E-state index is 0.0315. The van der Waals surface area contributed by atoms with E-state index >= 15 is 0 Å². The second-order valence-electron chi connectivity index (χ2n) is 6.61. The third-order valence-electron chi connectivity index (χ3n) is 4.58. The van der Waals surface area contributed by atoms with Gasteiger partial charge in [-0.2, -0.15) is 0 Å². The van der Waals surface area contributed by atoms with Crippen LogP contribution in [-0.2, 0) is 16.6 Å². The molecular weight excluding hydrogens is 373 g/mol. The highest BCUT2D eigenvalue weighted by Gasteiger charge is 2.29. The zero-order valence-corrected chi connectivity index (χ0v) is 16.0. The molecule has 1 N–H and O–H groups in total. The standard InChI is InChI=1S/C17H22FN5O3S/c1-21(2)27(25,26)14-5-6-15(18)16(10-14)20-17(24)23-8-3-4-13(23)11-22-9-7-19-12-22/h5-7,9-10,12-13H,3-4,8,11H2,1-2H3,(H,20,24)/t13-/m1/s1. The number of benzene rings is 1. The van der Waals surface area contributed by atoms with Crippen LogP contribution in [0.4, 0.5) is 14.9 Å². The largest absolute Gasteiger partial charge is 0.335 e. The Morgan fingerprint density at radius 1 is 1.41 bits per heavy atom. The predicted molar refractivity (Wildman–Crippen MR) is 98.2 cm³/mol. The Balaban J connectivity index is 1.77. The smallest absolute Gasteiger partial charge is 0.322 e. The van der Waals surface area contributed by atoms with Gasteiger partial charge in [-0.15, -0.1) is 0 Å². The quantitative estimate of drug-likeness (QED) is 0.838. The van der Waals surface area contributed by atoms with Crippen LogP contribution in [0.25, 0.3) is 0 Å². The van der Waals surface area contributed by atoms with Gasteiger partial charge in [0, 0.05) is 39.6 Å². The third kappa shape index (κ3) is 4.11. The molecule has 1 atom stereocenters. The number of nitrogens with one attached hydrogen (secondary N) is 1. The Morgan fingerprint density at radius 3 is 2.85 bits per heavy atom. The lowest BCUT2D eigenvalue weighted by molar-refractivity contribution is 0.201. The van der Waals surface area contributed by atoms with Crippen molar-refractivity contribution in [3.63, 3.8) is 0 Å². The number of sulfonamides is 1. The first-order chi connectivity index (χ1) is 12.8. The molecule has 1 fully saturated rings. The van der Waals surface area contributed by atoms with Crippen molar-refractivity contribution in [1.82, 2.24) is 18.8 Å². The average molecular weight is 395 g/mol. The molecule has 2 heterocycles. The summed E-state index contributed by atoms with van der Waals surface area (Å²) in [7, 11) is -0.943. The van der Waals surface area contributed by atoms with Gasteiger partial charge in [0.05, 0.1) is 23.0 Å². The normalized spacial score (nSPS) is 17.5. The lowest BCUT2D eigenvalue weighted by atomic mass is 10.2. The first-order valence-electron chi connectivity index (χ1n) is 8.54. The van der Waals surface area contributed by atoms with E-state index in [-0.39, 0.29) is 16.6 Å². The van der Waals surface area contributed by atoms with Crippen LogP contribution in [0.5, 0.6) is 0 Å². The molecule has 0 aliphatic carbocycles. The number of carbonyl (C=O) groups excluding carboxylic acids is 1. The number of amides is 2. The van der Waals surface area contributed by atoms with Gasteiger partial charge in [0.1, 0.15) is 5.82 Å². The van der Waals surface area contributed by atoms with Gasteiger partial charge in [0.2, 0.25) is 10.0 Å². The zero-order chi connectivity index (χ0) is 19.6. The van der Waals surface area contributed by atoms with E-state index in [2.05, 4.69) is 10.3 Å². The summed E-state index contributed by atoms with van der Waals surface area (Å²) < 4.78 is 41.6. The fourth-order valence-electron chi connectivity index (χ4n) is 3.09. The maximum absolute atomic E-state index is 14.2. The second-order valence-corrected chi connectivity index (χ2v) is 8.76. The zero-order valence-electron chi connectivity index (χ0n) is 15.2. The van der Waals surface area contributed by atoms with Gasteiger partial charge in [-0.05, 0) is 31.0 Å². The summed E-state index contributed by atoms with van der Waals surface area (Å²) in [6.07, 6.45) is 6.87. The number of hydrogen-bond acceptors (Lipinski definition) is 4. The van der Waals surface area contributed by atoms with Crippen LogP contribution in [-0.4, -0.2) is 59.9 Å². The number of urea groups is 1. The van der Waals surface area contributed by atoms with E-state index in [0.29, 0.717) is 13.1 Å². The van der Waals surface area contributed by atoms with Gasteiger partial charge < -0.3 is 14.8 Å². The van der Waals surface area contributed by atoms with E-state index in [1.165, 1.54) is 20.2 Å². The third-order valence-corrected chi connectivity index (χ3v) is 6.39. The molecule has 0 unspecified atom stereocenters. The number of imidazole rings is 1. The molecule has 0 radical (unpaired) electrons. The Bertz CT molecular complexity index is 915. The monoisotopic (exact) mass is 395 g/mol. The number of rotatable bonds is 5. The molecule has 0 spiro atoms. The molecule has 146 valence electrons. The van der Waals surface area contributed by atoms with Crippen LogP contribution in [0.3, 0.4) is 0 Å². The van der Waals surface area contributed by atoms with Crippen molar-refractivity contribution in [2.24, 2.45) is 0 Å². The number of carbonyl (C=O) groups is 1. The molecule has 8 nitrogen and oxygen atoms in total. The van der Waals surface area contributed by atoms with Crippen molar-refractivity contribution in [3.8, 4) is 0 Å². The Hall–Kier alpha value is -2.46. The Kier molecular flexibility index (Phi) is 5.47. The summed E-state index contributed by atoms with van der Waals surface area (Å²) >= 11 is 0. The SMILES string of the molecule is CN(C)S(=O)(=O)c1ccc(F)c(NC(=O)N2CCC[C@@H]2Cn2ccnc2)c1. The first kappa shape index (κ1) is 19.3. The van der Waals surface area contributed by atoms with Crippen molar-refractivity contribution in [3.05, 3.63) is 42.7 Å². The summed E-state index contributed by atoms with van der Waals surface area (Å²) in [5.41, 5.74) is -0.156. The van der Waals surface area contributed by atoms with Gasteiger partial charge in [0.25, 0.3) is 0 Å². The average Bonchev–Trinajstić information content (AvgIpc) is 3.28. The van der Waals surface area contributed by atoms with Crippen molar-refractivity contribution in [1.29, 1.82) is 0 Å². The molecule has 3 rings (SSSR count). The maximum Gasteiger partial charge on any atom is 0.322 e. The Labute approximate surface area is 157 Å². The first-order valence-corrected chi connectivity index (χ1v) is 9.98. The van der Waals surface area contributed by atoms with Crippen molar-refractivity contribution in [2.45, 2.75) is 30.3 Å². The molecule has 1 aromatic heterocycles. The molecule has 27 heavy (non-hydrogen) atoms. The predicted octanol–water partition coefficient (Wildman–Crippen LogP) is 1.97. The number of likely N-dealkylation sites (tertiary alicyclic amines) is 1. The van der Waals surface area contributed by atoms with E-state index in [1.807, 2.05) is 10.8 Å². The van der Waals surface area contributed by atoms with Gasteiger partial charge in [0.15, 0.2) is 0 Å². The molecule has 1 aliphatic heterocycles. The number of nitrogens with zero attached hydrogens (tertiary/aromatic N) is 4. The van der Waals surface area contributed by atoms with Crippen molar-refractivity contribution in [2.75, 3.05) is 26.0 Å². The van der Waals surface area contributed by atoms with E-state index in [1.54, 1.807) is 17.4 Å². The molecule has 10 heteroatoms. The number of aromatic nitrogens is 2. The maximum atomic E-state index is 14.2. The molecule has 1 saturated heterocycles. The second kappa shape index (κ2) is 7.65. The number of hydrogen-bond donors (Lipinski definition) is 1. The summed E-state index contributed by atoms with van der Waals surface area (Å²) in [6, 6.07) is 2.88. The van der Waals surface area contributed by atoms with E-state index < -0.39 is 21.9 Å². The summed E-state index contributed by atoms with van der Waals surface area (Å²) in [6.45, 7) is 1.16. The molecule has 1 aliphatic rings. The molecule has 2 amide bonds. The minimum Gasteiger partial charge on any atom is -0.335 e. The number of halogens is 1. The highest BCUT2D eigenvalue weighted by Crippen LogP contribution is 2.24. The van der Waals surface area contributed by atoms with Crippen LogP contribution in [0.1, 0.15) is 12.8 Å². The highest BCUT2D eigenvalue weighted by molar-refractivity contribution is 7.89. The molecule has 1 aromatic carbocycles. The molecule has 2 aromatic rings. The lowest BCUT2D eigenvalue weighted by Crippen LogP contribution is -2.40. The molecular formula is C17H22FN5O3S. The number of anilines is 1. The van der Waals surface area contributed by atoms with Crippen molar-refractivity contribution >= 4 is 21.7 Å². The summed E-state index contributed by atoms with van der Waals surface area (Å²) in [5.74, 6) is -0.689. The fourth-order valence-corrected chi connectivity index (χ4v) is 4.02. The van der Waals surface area contributed by atoms with Gasteiger partial charge in [-0.3, -0.25) is 0 Å². The van der Waals surface area contributed by atoms with Crippen LogP contribution in [0.2, 0.25) is 0 Å². The van der Waals surface area contributed by atoms with Gasteiger partial charge >= 0.3 is 6.03 Å². The molecule has 0 saturated carbocycles. The van der Waals surface area contributed by atoms with Crippen LogP contribution in [0.15, 0.2) is 41.8 Å². The highest BCUT2D eigenvalue weighted by atomic mass is 32.2. The van der Waals surface area contributed by atoms with E-state index in [4.69, 9.17) is 0 Å². The Morgan fingerprint density at radius 2 is 2.19 bits per heavy atom. The van der Waals surface area contributed by atoms with Crippen LogP contribution >= 0.6 is 0 Å². The van der Waals surface area contributed by atoms with Gasteiger partial charge in [-0.1, -0.05) is 0 Å². The van der Waals surface area contributed by atoms with Crippen LogP contribution in [0, 0.1) is 5.82 Å². The topological polar surface area (TPSA) is 87.5 Å². The summed E-state index contributed by atoms with van der Waals surface area (Å²) in [4.78, 5) is 18.2. The van der Waals surface area contributed by atoms with Crippen LogP contribution < -0.4 is 5.32 Å². The molecule has 0 bridgehead atoms. The van der Waals surface area contributed by atoms with E-state index in [9.17, 15) is 17.6 Å².